The molecule has 18 heavy (non-hydrogen) atoms. The molecule has 1 aromatic heterocycles. The highest BCUT2D eigenvalue weighted by Crippen LogP contribution is 2.24. The lowest BCUT2D eigenvalue weighted by Gasteiger charge is -2.08. The van der Waals surface area contributed by atoms with Crippen molar-refractivity contribution < 1.29 is 9.90 Å². The van der Waals surface area contributed by atoms with Crippen LogP contribution in [0.5, 0.6) is 0 Å². The molecule has 2 aromatic rings. The molecule has 0 aliphatic carbocycles. The summed E-state index contributed by atoms with van der Waals surface area (Å²) in [6.45, 7) is 1.84. The standard InChI is InChI=1S/C11H12N4O2S/c1-8(7-10(16)17)18-11-12-13-14-15(11)9-5-3-2-4-6-9/h2-6,8H,7H2,1H3,(H,16,17). The second-order valence-corrected chi connectivity index (χ2v) is 5.14. The third kappa shape index (κ3) is 3.07. The molecule has 0 radical (unpaired) electrons. The molecule has 1 aromatic carbocycles. The molecule has 0 amide bonds. The first-order valence-corrected chi connectivity index (χ1v) is 6.27. The van der Waals surface area contributed by atoms with Gasteiger partial charge in [0.25, 0.3) is 0 Å². The minimum Gasteiger partial charge on any atom is -0.481 e. The molecule has 0 saturated heterocycles. The van der Waals surface area contributed by atoms with Crippen molar-refractivity contribution in [1.29, 1.82) is 0 Å². The van der Waals surface area contributed by atoms with Gasteiger partial charge in [0.2, 0.25) is 5.16 Å². The SMILES string of the molecule is CC(CC(=O)O)Sc1nnnn1-c1ccccc1. The van der Waals surface area contributed by atoms with Crippen LogP contribution >= 0.6 is 11.8 Å². The van der Waals surface area contributed by atoms with Gasteiger partial charge in [-0.2, -0.15) is 4.68 Å². The lowest BCUT2D eigenvalue weighted by atomic mass is 10.3. The first-order valence-electron chi connectivity index (χ1n) is 5.39. The van der Waals surface area contributed by atoms with Gasteiger partial charge in [-0.25, -0.2) is 0 Å². The summed E-state index contributed by atoms with van der Waals surface area (Å²) in [5, 5.41) is 20.7. The van der Waals surface area contributed by atoms with Gasteiger partial charge >= 0.3 is 5.97 Å². The third-order valence-corrected chi connectivity index (χ3v) is 3.24. The van der Waals surface area contributed by atoms with Gasteiger partial charge in [0.1, 0.15) is 0 Å². The highest BCUT2D eigenvalue weighted by Gasteiger charge is 2.15. The Hall–Kier alpha value is -1.89. The molecule has 0 aliphatic rings. The number of benzene rings is 1. The van der Waals surface area contributed by atoms with Gasteiger partial charge in [0, 0.05) is 5.25 Å². The lowest BCUT2D eigenvalue weighted by Crippen LogP contribution is -2.07. The number of rotatable bonds is 5. The van der Waals surface area contributed by atoms with Crippen molar-refractivity contribution >= 4 is 17.7 Å². The number of carboxylic acid groups (broad SMARTS) is 1. The van der Waals surface area contributed by atoms with E-state index in [1.807, 2.05) is 37.3 Å². The van der Waals surface area contributed by atoms with Gasteiger partial charge in [-0.3, -0.25) is 4.79 Å². The molecule has 0 fully saturated rings. The summed E-state index contributed by atoms with van der Waals surface area (Å²) in [6.07, 6.45) is 0.0757. The summed E-state index contributed by atoms with van der Waals surface area (Å²) in [5.74, 6) is -0.825. The number of tetrazole rings is 1. The summed E-state index contributed by atoms with van der Waals surface area (Å²) in [5.41, 5.74) is 0.854. The summed E-state index contributed by atoms with van der Waals surface area (Å²) < 4.78 is 1.60. The molecule has 6 nitrogen and oxygen atoms in total. The van der Waals surface area contributed by atoms with E-state index in [1.165, 1.54) is 11.8 Å². The van der Waals surface area contributed by atoms with E-state index in [1.54, 1.807) is 4.68 Å². The van der Waals surface area contributed by atoms with Gasteiger partial charge in [0.05, 0.1) is 12.1 Å². The second-order valence-electron chi connectivity index (χ2n) is 3.74. The van der Waals surface area contributed by atoms with Crippen LogP contribution in [0.25, 0.3) is 5.69 Å². The van der Waals surface area contributed by atoms with Crippen LogP contribution in [0.2, 0.25) is 0 Å². The van der Waals surface area contributed by atoms with E-state index in [-0.39, 0.29) is 11.7 Å². The van der Waals surface area contributed by atoms with E-state index in [4.69, 9.17) is 5.11 Å². The molecule has 0 bridgehead atoms. The number of thioether (sulfide) groups is 1. The number of para-hydroxylation sites is 1. The average Bonchev–Trinajstić information content (AvgIpc) is 2.77. The number of aliphatic carboxylic acids is 1. The largest absolute Gasteiger partial charge is 0.481 e. The summed E-state index contributed by atoms with van der Waals surface area (Å²) in [7, 11) is 0. The predicted molar refractivity (Wildman–Crippen MR) is 66.7 cm³/mol. The number of hydrogen-bond acceptors (Lipinski definition) is 5. The minimum absolute atomic E-state index is 0.0757. The van der Waals surface area contributed by atoms with Crippen molar-refractivity contribution in [2.24, 2.45) is 0 Å². The molecule has 1 atom stereocenters. The number of aromatic nitrogens is 4. The Morgan fingerprint density at radius 1 is 1.44 bits per heavy atom. The quantitative estimate of drug-likeness (QED) is 0.826. The smallest absolute Gasteiger partial charge is 0.304 e. The third-order valence-electron chi connectivity index (χ3n) is 2.21. The van der Waals surface area contributed by atoms with Gasteiger partial charge in [-0.15, -0.1) is 5.10 Å². The lowest BCUT2D eigenvalue weighted by molar-refractivity contribution is -0.136. The molecule has 0 aliphatic heterocycles. The zero-order chi connectivity index (χ0) is 13.0. The van der Waals surface area contributed by atoms with E-state index in [2.05, 4.69) is 15.5 Å². The highest BCUT2D eigenvalue weighted by atomic mass is 32.2. The first-order chi connectivity index (χ1) is 8.66. The van der Waals surface area contributed by atoms with Crippen molar-refractivity contribution in [3.05, 3.63) is 30.3 Å². The second kappa shape index (κ2) is 5.63. The van der Waals surface area contributed by atoms with Crippen molar-refractivity contribution in [2.75, 3.05) is 0 Å². The summed E-state index contributed by atoms with van der Waals surface area (Å²) in [6, 6.07) is 9.48. The fourth-order valence-corrected chi connectivity index (χ4v) is 2.36. The molecule has 0 saturated carbocycles. The van der Waals surface area contributed by atoms with E-state index in [0.29, 0.717) is 5.16 Å². The Bertz CT molecular complexity index is 529. The van der Waals surface area contributed by atoms with Crippen LogP contribution in [-0.2, 0) is 4.79 Å². The van der Waals surface area contributed by atoms with Gasteiger partial charge in [0.15, 0.2) is 0 Å². The van der Waals surface area contributed by atoms with Gasteiger partial charge < -0.3 is 5.11 Å². The molecule has 1 unspecified atom stereocenters. The summed E-state index contributed by atoms with van der Waals surface area (Å²) >= 11 is 1.35. The van der Waals surface area contributed by atoms with Crippen LogP contribution in [0.15, 0.2) is 35.5 Å². The van der Waals surface area contributed by atoms with Crippen molar-refractivity contribution in [2.45, 2.75) is 23.8 Å². The topological polar surface area (TPSA) is 80.9 Å². The zero-order valence-corrected chi connectivity index (χ0v) is 10.5. The molecule has 1 N–H and O–H groups in total. The monoisotopic (exact) mass is 264 g/mol. The first kappa shape index (κ1) is 12.6. The number of carbonyl (C=O) groups is 1. The predicted octanol–water partition coefficient (Wildman–Crippen LogP) is 1.62. The maximum absolute atomic E-state index is 10.6. The molecular formula is C11H12N4O2S. The fraction of sp³-hybridized carbons (Fsp3) is 0.273. The van der Waals surface area contributed by atoms with Crippen LogP contribution in [0.4, 0.5) is 0 Å². The Morgan fingerprint density at radius 2 is 2.17 bits per heavy atom. The molecule has 7 heteroatoms. The highest BCUT2D eigenvalue weighted by molar-refractivity contribution is 7.99. The van der Waals surface area contributed by atoms with Gasteiger partial charge in [-0.1, -0.05) is 36.9 Å². The molecule has 0 spiro atoms. The van der Waals surface area contributed by atoms with Crippen LogP contribution in [-0.4, -0.2) is 36.5 Å². The molecule has 2 rings (SSSR count). The maximum atomic E-state index is 10.6. The van der Waals surface area contributed by atoms with E-state index >= 15 is 0 Å². The van der Waals surface area contributed by atoms with Crippen molar-refractivity contribution in [3.63, 3.8) is 0 Å². The van der Waals surface area contributed by atoms with E-state index < -0.39 is 5.97 Å². The fourth-order valence-electron chi connectivity index (χ4n) is 1.45. The number of carboxylic acids is 1. The van der Waals surface area contributed by atoms with E-state index in [9.17, 15) is 4.79 Å². The number of nitrogens with zero attached hydrogens (tertiary/aromatic N) is 4. The van der Waals surface area contributed by atoms with Crippen molar-refractivity contribution in [3.8, 4) is 5.69 Å². The van der Waals surface area contributed by atoms with Crippen LogP contribution in [0, 0.1) is 0 Å². The Kier molecular flexibility index (Phi) is 3.93. The molecule has 94 valence electrons. The Morgan fingerprint density at radius 3 is 2.83 bits per heavy atom. The maximum Gasteiger partial charge on any atom is 0.304 e. The van der Waals surface area contributed by atoms with E-state index in [0.717, 1.165) is 5.69 Å². The van der Waals surface area contributed by atoms with Crippen LogP contribution < -0.4 is 0 Å². The summed E-state index contributed by atoms with van der Waals surface area (Å²) in [4.78, 5) is 10.6. The minimum atomic E-state index is -0.825. The Balaban J connectivity index is 2.16. The van der Waals surface area contributed by atoms with Crippen molar-refractivity contribution in [1.82, 2.24) is 20.2 Å². The Labute approximate surface area is 108 Å². The molecule has 1 heterocycles. The number of hydrogen-bond donors (Lipinski definition) is 1. The normalized spacial score (nSPS) is 12.3. The average molecular weight is 264 g/mol. The van der Waals surface area contributed by atoms with Gasteiger partial charge in [-0.05, 0) is 22.6 Å². The molecular weight excluding hydrogens is 252 g/mol. The van der Waals surface area contributed by atoms with Crippen LogP contribution in [0.3, 0.4) is 0 Å². The van der Waals surface area contributed by atoms with Crippen LogP contribution in [0.1, 0.15) is 13.3 Å². The zero-order valence-electron chi connectivity index (χ0n) is 9.72.